The van der Waals surface area contributed by atoms with Crippen molar-refractivity contribution in [2.75, 3.05) is 51.1 Å². The number of rotatable bonds is 7. The van der Waals surface area contributed by atoms with Gasteiger partial charge in [0.1, 0.15) is 6.04 Å². The average molecular weight is 450 g/mol. The van der Waals surface area contributed by atoms with E-state index in [0.717, 1.165) is 32.7 Å². The molecule has 8 heteroatoms. The largest absolute Gasteiger partial charge is 0.353 e. The summed E-state index contributed by atoms with van der Waals surface area (Å²) >= 11 is 0. The molecule has 3 amide bonds. The first-order valence-electron chi connectivity index (χ1n) is 11.5. The van der Waals surface area contributed by atoms with Crippen molar-refractivity contribution in [3.05, 3.63) is 66.2 Å². The van der Waals surface area contributed by atoms with Gasteiger partial charge in [-0.15, -0.1) is 0 Å². The monoisotopic (exact) mass is 449 g/mol. The van der Waals surface area contributed by atoms with E-state index in [-0.39, 0.29) is 30.7 Å². The second-order valence-corrected chi connectivity index (χ2v) is 8.55. The first kappa shape index (κ1) is 22.9. The number of benzene rings is 2. The third-order valence-corrected chi connectivity index (χ3v) is 6.16. The summed E-state index contributed by atoms with van der Waals surface area (Å²) in [6, 6.07) is 18.7. The minimum absolute atomic E-state index is 0.0582. The van der Waals surface area contributed by atoms with Gasteiger partial charge in [-0.3, -0.25) is 24.2 Å². The Kier molecular flexibility index (Phi) is 7.70. The maximum atomic E-state index is 13.1. The first-order chi connectivity index (χ1) is 16.1. The van der Waals surface area contributed by atoms with Gasteiger partial charge < -0.3 is 15.5 Å². The van der Waals surface area contributed by atoms with Crippen molar-refractivity contribution in [3.63, 3.8) is 0 Å². The second-order valence-electron chi connectivity index (χ2n) is 8.55. The number of carbonyl (C=O) groups is 3. The number of anilines is 1. The SMILES string of the molecule is O=C(C[C@@H]1C(=O)NCCN1C(=O)CN1CCN(Cc2ccccc2)CC1)Nc1ccccc1. The van der Waals surface area contributed by atoms with Crippen molar-refractivity contribution in [2.45, 2.75) is 19.0 Å². The summed E-state index contributed by atoms with van der Waals surface area (Å²) in [5.74, 6) is -0.653. The van der Waals surface area contributed by atoms with Gasteiger partial charge >= 0.3 is 0 Å². The van der Waals surface area contributed by atoms with Crippen LogP contribution in [0.3, 0.4) is 0 Å². The Balaban J connectivity index is 1.28. The third kappa shape index (κ3) is 6.40. The number of para-hydroxylation sites is 1. The van der Waals surface area contributed by atoms with Crippen molar-refractivity contribution in [1.82, 2.24) is 20.0 Å². The molecule has 0 spiro atoms. The van der Waals surface area contributed by atoms with E-state index in [1.807, 2.05) is 24.3 Å². The maximum absolute atomic E-state index is 13.1. The van der Waals surface area contributed by atoms with Crippen LogP contribution >= 0.6 is 0 Å². The molecule has 174 valence electrons. The second kappa shape index (κ2) is 11.1. The van der Waals surface area contributed by atoms with Crippen molar-refractivity contribution in [1.29, 1.82) is 0 Å². The van der Waals surface area contributed by atoms with Gasteiger partial charge in [-0.1, -0.05) is 48.5 Å². The molecule has 2 aliphatic heterocycles. The maximum Gasteiger partial charge on any atom is 0.243 e. The van der Waals surface area contributed by atoms with Crippen LogP contribution in [0.2, 0.25) is 0 Å². The van der Waals surface area contributed by atoms with Gasteiger partial charge in [-0.2, -0.15) is 0 Å². The normalized spacial score (nSPS) is 19.7. The minimum atomic E-state index is -0.783. The lowest BCUT2D eigenvalue weighted by Gasteiger charge is -2.38. The molecule has 2 aromatic carbocycles. The quantitative estimate of drug-likeness (QED) is 0.663. The molecule has 2 N–H and O–H groups in total. The minimum Gasteiger partial charge on any atom is -0.353 e. The lowest BCUT2D eigenvalue weighted by Crippen LogP contribution is -2.60. The molecule has 2 fully saturated rings. The van der Waals surface area contributed by atoms with Crippen LogP contribution < -0.4 is 10.6 Å². The van der Waals surface area contributed by atoms with Crippen molar-refractivity contribution >= 4 is 23.4 Å². The highest BCUT2D eigenvalue weighted by Gasteiger charge is 2.35. The van der Waals surface area contributed by atoms with Crippen LogP contribution in [0, 0.1) is 0 Å². The Morgan fingerprint density at radius 1 is 0.879 bits per heavy atom. The van der Waals surface area contributed by atoms with Crippen LogP contribution in [0.5, 0.6) is 0 Å². The zero-order valence-electron chi connectivity index (χ0n) is 18.8. The summed E-state index contributed by atoms with van der Waals surface area (Å²) in [6.07, 6.45) is -0.0582. The Hall–Kier alpha value is -3.23. The molecule has 33 heavy (non-hydrogen) atoms. The fourth-order valence-electron chi connectivity index (χ4n) is 4.35. The summed E-state index contributed by atoms with van der Waals surface area (Å²) in [4.78, 5) is 44.2. The predicted octanol–water partition coefficient (Wildman–Crippen LogP) is 1.16. The summed E-state index contributed by atoms with van der Waals surface area (Å²) in [5, 5.41) is 5.59. The highest BCUT2D eigenvalue weighted by molar-refractivity contribution is 5.97. The Labute approximate surface area is 194 Å². The van der Waals surface area contributed by atoms with Crippen LogP contribution in [0.1, 0.15) is 12.0 Å². The Bertz CT molecular complexity index is 945. The number of nitrogens with one attached hydrogen (secondary N) is 2. The van der Waals surface area contributed by atoms with Gasteiger partial charge in [0.05, 0.1) is 13.0 Å². The lowest BCUT2D eigenvalue weighted by molar-refractivity contribution is -0.145. The van der Waals surface area contributed by atoms with E-state index in [9.17, 15) is 14.4 Å². The highest BCUT2D eigenvalue weighted by atomic mass is 16.2. The molecule has 0 bridgehead atoms. The zero-order valence-corrected chi connectivity index (χ0v) is 18.8. The standard InChI is InChI=1S/C25H31N5O3/c31-23(27-21-9-5-2-6-10-21)17-22-25(33)26-11-12-30(22)24(32)19-29-15-13-28(14-16-29)18-20-7-3-1-4-8-20/h1-10,22H,11-19H2,(H,26,33)(H,27,31)/t22-/m1/s1. The van der Waals surface area contributed by atoms with E-state index in [0.29, 0.717) is 18.8 Å². The number of carbonyl (C=O) groups excluding carboxylic acids is 3. The molecule has 0 aromatic heterocycles. The summed E-state index contributed by atoms with van der Waals surface area (Å²) in [7, 11) is 0. The summed E-state index contributed by atoms with van der Waals surface area (Å²) in [5.41, 5.74) is 1.96. The molecule has 0 radical (unpaired) electrons. The predicted molar refractivity (Wildman–Crippen MR) is 126 cm³/mol. The summed E-state index contributed by atoms with van der Waals surface area (Å²) < 4.78 is 0. The van der Waals surface area contributed by atoms with Gasteiger partial charge in [0, 0.05) is 51.5 Å². The Morgan fingerprint density at radius 2 is 1.52 bits per heavy atom. The van der Waals surface area contributed by atoms with E-state index in [1.165, 1.54) is 5.56 Å². The van der Waals surface area contributed by atoms with Crippen molar-refractivity contribution < 1.29 is 14.4 Å². The van der Waals surface area contributed by atoms with Crippen LogP contribution in [-0.4, -0.2) is 84.3 Å². The number of nitrogens with zero attached hydrogens (tertiary/aromatic N) is 3. The molecular weight excluding hydrogens is 418 g/mol. The topological polar surface area (TPSA) is 85.0 Å². The third-order valence-electron chi connectivity index (χ3n) is 6.16. The first-order valence-corrected chi connectivity index (χ1v) is 11.5. The van der Waals surface area contributed by atoms with Crippen LogP contribution in [0.15, 0.2) is 60.7 Å². The van der Waals surface area contributed by atoms with Crippen molar-refractivity contribution in [3.8, 4) is 0 Å². The molecule has 1 atom stereocenters. The van der Waals surface area contributed by atoms with Crippen LogP contribution in [-0.2, 0) is 20.9 Å². The Morgan fingerprint density at radius 3 is 2.21 bits per heavy atom. The highest BCUT2D eigenvalue weighted by Crippen LogP contribution is 2.14. The summed E-state index contributed by atoms with van der Waals surface area (Å²) in [6.45, 7) is 5.40. The molecule has 2 aromatic rings. The van der Waals surface area contributed by atoms with Crippen LogP contribution in [0.4, 0.5) is 5.69 Å². The number of piperazine rings is 2. The number of hydrogen-bond acceptors (Lipinski definition) is 5. The molecule has 0 unspecified atom stereocenters. The molecule has 0 aliphatic carbocycles. The van der Waals surface area contributed by atoms with Gasteiger partial charge in [0.25, 0.3) is 0 Å². The van der Waals surface area contributed by atoms with Crippen LogP contribution in [0.25, 0.3) is 0 Å². The molecule has 2 saturated heterocycles. The molecule has 0 saturated carbocycles. The molecule has 2 aliphatic rings. The van der Waals surface area contributed by atoms with Crippen molar-refractivity contribution in [2.24, 2.45) is 0 Å². The average Bonchev–Trinajstić information content (AvgIpc) is 2.83. The molecular formula is C25H31N5O3. The van der Waals surface area contributed by atoms with E-state index in [2.05, 4.69) is 44.7 Å². The van der Waals surface area contributed by atoms with E-state index in [4.69, 9.17) is 0 Å². The number of hydrogen-bond donors (Lipinski definition) is 2. The van der Waals surface area contributed by atoms with Gasteiger partial charge in [-0.25, -0.2) is 0 Å². The molecule has 4 rings (SSSR count). The lowest BCUT2D eigenvalue weighted by atomic mass is 10.1. The van der Waals surface area contributed by atoms with Gasteiger partial charge in [0.2, 0.25) is 17.7 Å². The van der Waals surface area contributed by atoms with Gasteiger partial charge in [-0.05, 0) is 17.7 Å². The fourth-order valence-corrected chi connectivity index (χ4v) is 4.35. The van der Waals surface area contributed by atoms with E-state index in [1.54, 1.807) is 17.0 Å². The smallest absolute Gasteiger partial charge is 0.243 e. The fraction of sp³-hybridized carbons (Fsp3) is 0.400. The van der Waals surface area contributed by atoms with E-state index < -0.39 is 6.04 Å². The zero-order chi connectivity index (χ0) is 23.0. The van der Waals surface area contributed by atoms with E-state index >= 15 is 0 Å². The molecule has 8 nitrogen and oxygen atoms in total. The number of amides is 3. The molecule has 2 heterocycles. The van der Waals surface area contributed by atoms with Gasteiger partial charge in [0.15, 0.2) is 0 Å².